The van der Waals surface area contributed by atoms with Gasteiger partial charge < -0.3 is 15.2 Å². The van der Waals surface area contributed by atoms with Gasteiger partial charge in [-0.25, -0.2) is 4.79 Å². The van der Waals surface area contributed by atoms with E-state index in [1.807, 2.05) is 0 Å². The number of carboxylic acid groups (broad SMARTS) is 1. The van der Waals surface area contributed by atoms with E-state index in [0.717, 1.165) is 25.7 Å². The molecule has 0 heterocycles. The summed E-state index contributed by atoms with van der Waals surface area (Å²) in [6.45, 7) is 0. The van der Waals surface area contributed by atoms with Crippen molar-refractivity contribution in [3.05, 3.63) is 0 Å². The van der Waals surface area contributed by atoms with Gasteiger partial charge in [0, 0.05) is 12.3 Å². The summed E-state index contributed by atoms with van der Waals surface area (Å²) < 4.78 is 4.48. The predicted octanol–water partition coefficient (Wildman–Crippen LogP) is 0.945. The summed E-state index contributed by atoms with van der Waals surface area (Å²) in [5.74, 6) is -0.870. The molecule has 2 aliphatic rings. The van der Waals surface area contributed by atoms with Gasteiger partial charge in [0.1, 0.15) is 6.04 Å². The molecule has 2 fully saturated rings. The summed E-state index contributed by atoms with van der Waals surface area (Å²) in [7, 11) is 1.26. The van der Waals surface area contributed by atoms with Crippen molar-refractivity contribution in [1.82, 2.24) is 5.32 Å². The van der Waals surface area contributed by atoms with Gasteiger partial charge >= 0.3 is 11.9 Å². The summed E-state index contributed by atoms with van der Waals surface area (Å²) in [6.07, 6.45) is 4.53. The molecule has 0 aromatic carbocycles. The molecule has 0 aliphatic heterocycles. The minimum atomic E-state index is -1.11. The van der Waals surface area contributed by atoms with Crippen LogP contribution in [-0.4, -0.2) is 36.1 Å². The smallest absolute Gasteiger partial charge is 0.326 e. The Morgan fingerprint density at radius 2 is 1.85 bits per heavy atom. The maximum absolute atomic E-state index is 12.1. The minimum Gasteiger partial charge on any atom is -0.480 e. The van der Waals surface area contributed by atoms with Crippen molar-refractivity contribution in [2.24, 2.45) is 17.8 Å². The lowest BCUT2D eigenvalue weighted by Crippen LogP contribution is -2.42. The summed E-state index contributed by atoms with van der Waals surface area (Å²) in [4.78, 5) is 34.3. The Bertz CT molecular complexity index is 396. The Kier molecular flexibility index (Phi) is 4.62. The van der Waals surface area contributed by atoms with Crippen molar-refractivity contribution in [3.8, 4) is 0 Å². The van der Waals surface area contributed by atoms with E-state index in [4.69, 9.17) is 5.11 Å². The normalized spacial score (nSPS) is 28.9. The molecule has 20 heavy (non-hydrogen) atoms. The summed E-state index contributed by atoms with van der Waals surface area (Å²) >= 11 is 0. The molecule has 3 unspecified atom stereocenters. The number of carboxylic acids is 1. The van der Waals surface area contributed by atoms with Crippen molar-refractivity contribution in [2.75, 3.05) is 7.11 Å². The largest absolute Gasteiger partial charge is 0.480 e. The zero-order valence-electron chi connectivity index (χ0n) is 11.6. The molecule has 0 spiro atoms. The van der Waals surface area contributed by atoms with E-state index in [9.17, 15) is 14.4 Å². The molecule has 1 amide bonds. The number of amides is 1. The second-order valence-corrected chi connectivity index (χ2v) is 5.65. The van der Waals surface area contributed by atoms with Crippen LogP contribution in [0.3, 0.4) is 0 Å². The van der Waals surface area contributed by atoms with E-state index in [1.54, 1.807) is 0 Å². The summed E-state index contributed by atoms with van der Waals surface area (Å²) in [6, 6.07) is -1.01. The molecule has 2 rings (SSSR count). The standard InChI is InChI=1S/C14H21NO5/c1-20-11(16)7-6-10(14(18)19)15-13(17)12-8-4-2-3-5-9(8)12/h8-10,12H,2-7H2,1H3,(H,15,17)(H,18,19). The monoisotopic (exact) mass is 283 g/mol. The average Bonchev–Trinajstić information content (AvgIpc) is 3.16. The number of carbonyl (C=O) groups excluding carboxylic acids is 2. The number of carbonyl (C=O) groups is 3. The molecule has 2 saturated carbocycles. The molecule has 0 saturated heterocycles. The molecular weight excluding hydrogens is 262 g/mol. The highest BCUT2D eigenvalue weighted by atomic mass is 16.5. The van der Waals surface area contributed by atoms with Crippen molar-refractivity contribution < 1.29 is 24.2 Å². The Morgan fingerprint density at radius 3 is 2.35 bits per heavy atom. The zero-order chi connectivity index (χ0) is 14.7. The fourth-order valence-corrected chi connectivity index (χ4v) is 3.27. The van der Waals surface area contributed by atoms with Crippen molar-refractivity contribution in [1.29, 1.82) is 0 Å². The van der Waals surface area contributed by atoms with Crippen LogP contribution in [0.15, 0.2) is 0 Å². The van der Waals surface area contributed by atoms with E-state index in [-0.39, 0.29) is 24.7 Å². The fraction of sp³-hybridized carbons (Fsp3) is 0.786. The topological polar surface area (TPSA) is 92.7 Å². The van der Waals surface area contributed by atoms with Gasteiger partial charge in [-0.3, -0.25) is 9.59 Å². The van der Waals surface area contributed by atoms with E-state index < -0.39 is 18.0 Å². The van der Waals surface area contributed by atoms with Gasteiger partial charge in [-0.15, -0.1) is 0 Å². The lowest BCUT2D eigenvalue weighted by atomic mass is 10.0. The van der Waals surface area contributed by atoms with Crippen LogP contribution in [0.2, 0.25) is 0 Å². The first kappa shape index (κ1) is 14.8. The van der Waals surface area contributed by atoms with Gasteiger partial charge in [-0.05, 0) is 31.1 Å². The summed E-state index contributed by atoms with van der Waals surface area (Å²) in [5.41, 5.74) is 0. The van der Waals surface area contributed by atoms with E-state index >= 15 is 0 Å². The molecule has 0 aromatic heterocycles. The first-order chi connectivity index (χ1) is 9.54. The van der Waals surface area contributed by atoms with Gasteiger partial charge in [0.2, 0.25) is 5.91 Å². The Hall–Kier alpha value is -1.59. The molecule has 0 aromatic rings. The van der Waals surface area contributed by atoms with E-state index in [2.05, 4.69) is 10.1 Å². The third kappa shape index (κ3) is 3.29. The molecule has 0 bridgehead atoms. The molecule has 2 aliphatic carbocycles. The van der Waals surface area contributed by atoms with Crippen molar-refractivity contribution >= 4 is 17.8 Å². The second-order valence-electron chi connectivity index (χ2n) is 5.65. The number of fused-ring (bicyclic) bond motifs is 1. The number of ether oxygens (including phenoxy) is 1. The van der Waals surface area contributed by atoms with Gasteiger partial charge in [0.05, 0.1) is 7.11 Å². The van der Waals surface area contributed by atoms with Crippen LogP contribution in [0.1, 0.15) is 38.5 Å². The highest BCUT2D eigenvalue weighted by molar-refractivity contribution is 5.87. The highest BCUT2D eigenvalue weighted by Crippen LogP contribution is 2.55. The van der Waals surface area contributed by atoms with Crippen molar-refractivity contribution in [2.45, 2.75) is 44.6 Å². The molecule has 3 atom stereocenters. The van der Waals surface area contributed by atoms with Crippen LogP contribution in [-0.2, 0) is 19.1 Å². The third-order valence-electron chi connectivity index (χ3n) is 4.44. The van der Waals surface area contributed by atoms with Crippen LogP contribution >= 0.6 is 0 Å². The average molecular weight is 283 g/mol. The SMILES string of the molecule is COC(=O)CCC(NC(=O)C1C2CCCCC21)C(=O)O. The number of hydrogen-bond donors (Lipinski definition) is 2. The quantitative estimate of drug-likeness (QED) is 0.708. The van der Waals surface area contributed by atoms with Gasteiger partial charge in [0.15, 0.2) is 0 Å². The molecule has 112 valence electrons. The van der Waals surface area contributed by atoms with Crippen LogP contribution in [0.5, 0.6) is 0 Å². The Labute approximate surface area is 117 Å². The molecule has 2 N–H and O–H groups in total. The maximum Gasteiger partial charge on any atom is 0.326 e. The van der Waals surface area contributed by atoms with Crippen LogP contribution in [0, 0.1) is 17.8 Å². The van der Waals surface area contributed by atoms with Crippen LogP contribution in [0.25, 0.3) is 0 Å². The second kappa shape index (κ2) is 6.24. The van der Waals surface area contributed by atoms with Gasteiger partial charge in [-0.1, -0.05) is 12.8 Å². The predicted molar refractivity (Wildman–Crippen MR) is 69.8 cm³/mol. The van der Waals surface area contributed by atoms with Crippen LogP contribution < -0.4 is 5.32 Å². The number of esters is 1. The molecule has 0 radical (unpaired) electrons. The number of hydrogen-bond acceptors (Lipinski definition) is 4. The first-order valence-electron chi connectivity index (χ1n) is 7.14. The number of rotatable bonds is 6. The first-order valence-corrected chi connectivity index (χ1v) is 7.14. The van der Waals surface area contributed by atoms with E-state index in [0.29, 0.717) is 11.8 Å². The third-order valence-corrected chi connectivity index (χ3v) is 4.44. The Balaban J connectivity index is 1.83. The lowest BCUT2D eigenvalue weighted by Gasteiger charge is -2.14. The lowest BCUT2D eigenvalue weighted by molar-refractivity contribution is -0.144. The number of nitrogens with one attached hydrogen (secondary N) is 1. The highest BCUT2D eigenvalue weighted by Gasteiger charge is 2.55. The Morgan fingerprint density at radius 1 is 1.25 bits per heavy atom. The van der Waals surface area contributed by atoms with Gasteiger partial charge in [-0.2, -0.15) is 0 Å². The number of methoxy groups -OCH3 is 1. The molecular formula is C14H21NO5. The minimum absolute atomic E-state index is 0.00866. The number of aliphatic carboxylic acids is 1. The zero-order valence-corrected chi connectivity index (χ0v) is 11.6. The maximum atomic E-state index is 12.1. The van der Waals surface area contributed by atoms with Gasteiger partial charge in [0.25, 0.3) is 0 Å². The molecule has 6 heteroatoms. The van der Waals surface area contributed by atoms with Crippen LogP contribution in [0.4, 0.5) is 0 Å². The summed E-state index contributed by atoms with van der Waals surface area (Å²) in [5, 5.41) is 11.7. The molecule has 6 nitrogen and oxygen atoms in total. The van der Waals surface area contributed by atoms with Crippen molar-refractivity contribution in [3.63, 3.8) is 0 Å². The van der Waals surface area contributed by atoms with E-state index in [1.165, 1.54) is 7.11 Å². The fourth-order valence-electron chi connectivity index (χ4n) is 3.27.